The Kier molecular flexibility index (Phi) is 11.8. The zero-order chi connectivity index (χ0) is 29.5. The molecule has 0 heterocycles. The van der Waals surface area contributed by atoms with Gasteiger partial charge in [-0.2, -0.15) is 14.0 Å². The SMILES string of the molecule is N#CCCCCCCOc1ccc(C(F)(F)Oc2ccc(/C=C/C(=O)OCCOc3ccc(N)cc3N)cc2)cc1. The summed E-state index contributed by atoms with van der Waals surface area (Å²) in [7, 11) is 0. The molecular weight excluding hydrogens is 532 g/mol. The van der Waals surface area contributed by atoms with E-state index in [4.69, 9.17) is 35.7 Å². The van der Waals surface area contributed by atoms with E-state index in [0.29, 0.717) is 41.5 Å². The summed E-state index contributed by atoms with van der Waals surface area (Å²) in [4.78, 5) is 11.9. The van der Waals surface area contributed by atoms with Crippen LogP contribution in [0.4, 0.5) is 20.2 Å². The number of carbonyl (C=O) groups is 1. The highest BCUT2D eigenvalue weighted by molar-refractivity contribution is 5.87. The van der Waals surface area contributed by atoms with Gasteiger partial charge in [-0.15, -0.1) is 0 Å². The van der Waals surface area contributed by atoms with Crippen molar-refractivity contribution in [3.8, 4) is 23.3 Å². The van der Waals surface area contributed by atoms with Gasteiger partial charge in [0.25, 0.3) is 0 Å². The van der Waals surface area contributed by atoms with Crippen LogP contribution in [0.3, 0.4) is 0 Å². The number of anilines is 2. The average molecular weight is 566 g/mol. The van der Waals surface area contributed by atoms with Gasteiger partial charge < -0.3 is 30.4 Å². The van der Waals surface area contributed by atoms with Crippen molar-refractivity contribution in [1.29, 1.82) is 5.26 Å². The molecule has 0 aromatic heterocycles. The molecule has 0 spiro atoms. The second-order valence-electron chi connectivity index (χ2n) is 9.03. The number of unbranched alkanes of at least 4 members (excludes halogenated alkanes) is 4. The van der Waals surface area contributed by atoms with Gasteiger partial charge in [0, 0.05) is 18.2 Å². The van der Waals surface area contributed by atoms with Crippen molar-refractivity contribution in [3.05, 3.63) is 83.9 Å². The van der Waals surface area contributed by atoms with Gasteiger partial charge in [0.2, 0.25) is 0 Å². The summed E-state index contributed by atoms with van der Waals surface area (Å²) in [5.41, 5.74) is 12.6. The molecule has 4 N–H and O–H groups in total. The predicted molar refractivity (Wildman–Crippen MR) is 152 cm³/mol. The van der Waals surface area contributed by atoms with Gasteiger partial charge in [-0.25, -0.2) is 4.79 Å². The van der Waals surface area contributed by atoms with Crippen LogP contribution in [0.25, 0.3) is 6.08 Å². The number of esters is 1. The normalized spacial score (nSPS) is 11.1. The summed E-state index contributed by atoms with van der Waals surface area (Å²) < 4.78 is 50.5. The van der Waals surface area contributed by atoms with E-state index in [1.54, 1.807) is 30.3 Å². The van der Waals surface area contributed by atoms with Gasteiger partial charge in [-0.05, 0) is 79.1 Å². The minimum atomic E-state index is -3.56. The van der Waals surface area contributed by atoms with Crippen LogP contribution in [0.15, 0.2) is 72.8 Å². The topological polar surface area (TPSA) is 130 Å². The molecule has 8 nitrogen and oxygen atoms in total. The van der Waals surface area contributed by atoms with E-state index in [1.165, 1.54) is 48.6 Å². The average Bonchev–Trinajstić information content (AvgIpc) is 2.95. The quantitative estimate of drug-likeness (QED) is 0.0875. The largest absolute Gasteiger partial charge is 0.494 e. The lowest BCUT2D eigenvalue weighted by Crippen LogP contribution is -2.21. The maximum absolute atomic E-state index is 14.7. The van der Waals surface area contributed by atoms with Crippen LogP contribution in [0.1, 0.15) is 43.2 Å². The number of hydrogen-bond acceptors (Lipinski definition) is 8. The van der Waals surface area contributed by atoms with Crippen molar-refractivity contribution >= 4 is 23.4 Å². The molecule has 3 rings (SSSR count). The summed E-state index contributed by atoms with van der Waals surface area (Å²) in [5, 5.41) is 8.53. The van der Waals surface area contributed by atoms with Crippen LogP contribution < -0.4 is 25.7 Å². The molecule has 0 amide bonds. The van der Waals surface area contributed by atoms with Crippen LogP contribution in [0.5, 0.6) is 17.2 Å². The van der Waals surface area contributed by atoms with Crippen molar-refractivity contribution in [2.24, 2.45) is 0 Å². The number of hydrogen-bond donors (Lipinski definition) is 2. The second kappa shape index (κ2) is 15.7. The van der Waals surface area contributed by atoms with E-state index in [0.717, 1.165) is 25.7 Å². The van der Waals surface area contributed by atoms with E-state index in [9.17, 15) is 13.6 Å². The number of nitrogen functional groups attached to an aromatic ring is 2. The van der Waals surface area contributed by atoms with Crippen molar-refractivity contribution in [2.75, 3.05) is 31.3 Å². The molecule has 0 fully saturated rings. The van der Waals surface area contributed by atoms with Gasteiger partial charge in [0.1, 0.15) is 30.5 Å². The first-order valence-corrected chi connectivity index (χ1v) is 13.2. The first-order valence-electron chi connectivity index (χ1n) is 13.2. The number of rotatable bonds is 16. The van der Waals surface area contributed by atoms with Crippen molar-refractivity contribution in [3.63, 3.8) is 0 Å². The molecule has 0 unspecified atom stereocenters. The van der Waals surface area contributed by atoms with Crippen molar-refractivity contribution in [1.82, 2.24) is 0 Å². The Balaban J connectivity index is 1.40. The number of nitrogens with two attached hydrogens (primary N) is 2. The molecule has 216 valence electrons. The first kappa shape index (κ1) is 30.8. The highest BCUT2D eigenvalue weighted by atomic mass is 19.3. The Hall–Kier alpha value is -4.78. The number of benzene rings is 3. The Morgan fingerprint density at radius 3 is 2.27 bits per heavy atom. The van der Waals surface area contributed by atoms with E-state index in [-0.39, 0.29) is 24.5 Å². The minimum absolute atomic E-state index is 0.00613. The first-order chi connectivity index (χ1) is 19.8. The van der Waals surface area contributed by atoms with E-state index < -0.39 is 12.1 Å². The van der Waals surface area contributed by atoms with Gasteiger partial charge in [0.05, 0.1) is 23.9 Å². The highest BCUT2D eigenvalue weighted by Crippen LogP contribution is 2.32. The third kappa shape index (κ3) is 10.7. The molecule has 0 aliphatic rings. The van der Waals surface area contributed by atoms with Crippen molar-refractivity contribution < 1.29 is 32.5 Å². The lowest BCUT2D eigenvalue weighted by molar-refractivity contribution is -0.185. The number of nitrogens with zero attached hydrogens (tertiary/aromatic N) is 1. The fourth-order valence-electron chi connectivity index (χ4n) is 3.65. The summed E-state index contributed by atoms with van der Waals surface area (Å²) in [5.74, 6) is 0.311. The zero-order valence-corrected chi connectivity index (χ0v) is 22.6. The number of ether oxygens (including phenoxy) is 4. The molecule has 0 radical (unpaired) electrons. The van der Waals surface area contributed by atoms with Crippen LogP contribution in [0, 0.1) is 11.3 Å². The van der Waals surface area contributed by atoms with Crippen LogP contribution in [-0.4, -0.2) is 25.8 Å². The number of alkyl halides is 2. The molecule has 41 heavy (non-hydrogen) atoms. The molecular formula is C31H33F2N3O5. The van der Waals surface area contributed by atoms with Gasteiger partial charge in [-0.3, -0.25) is 0 Å². The van der Waals surface area contributed by atoms with Crippen molar-refractivity contribution in [2.45, 2.75) is 38.2 Å². The molecule has 0 bridgehead atoms. The molecule has 0 atom stereocenters. The van der Waals surface area contributed by atoms with Gasteiger partial charge in [-0.1, -0.05) is 25.0 Å². The van der Waals surface area contributed by atoms with Gasteiger partial charge >= 0.3 is 12.1 Å². The number of carbonyl (C=O) groups excluding carboxylic acids is 1. The van der Waals surface area contributed by atoms with E-state index in [2.05, 4.69) is 6.07 Å². The third-order valence-corrected chi connectivity index (χ3v) is 5.80. The molecule has 0 aliphatic carbocycles. The Morgan fingerprint density at radius 1 is 0.854 bits per heavy atom. The van der Waals surface area contributed by atoms with E-state index >= 15 is 0 Å². The molecule has 10 heteroatoms. The Morgan fingerprint density at radius 2 is 1.56 bits per heavy atom. The highest BCUT2D eigenvalue weighted by Gasteiger charge is 2.34. The molecule has 0 saturated heterocycles. The Bertz CT molecular complexity index is 1320. The number of halogens is 2. The fourth-order valence-corrected chi connectivity index (χ4v) is 3.65. The summed E-state index contributed by atoms with van der Waals surface area (Å²) in [6.07, 6.45) is 3.32. The standard InChI is InChI=1S/C31H33F2N3O5/c32-31(33,24-9-14-26(15-10-24)38-19-5-3-1-2-4-18-34)41-27-12-6-23(7-13-27)8-17-30(37)40-21-20-39-29-16-11-25(35)22-28(29)36/h6-17,22H,1-5,19-21,35-36H2/b17-8+. The minimum Gasteiger partial charge on any atom is -0.494 e. The summed E-state index contributed by atoms with van der Waals surface area (Å²) >= 11 is 0. The van der Waals surface area contributed by atoms with Gasteiger partial charge in [0.15, 0.2) is 0 Å². The fraction of sp³-hybridized carbons (Fsp3) is 0.290. The van der Waals surface area contributed by atoms with E-state index in [1.807, 2.05) is 0 Å². The lowest BCUT2D eigenvalue weighted by atomic mass is 10.1. The molecule has 0 aliphatic heterocycles. The molecule has 0 saturated carbocycles. The summed E-state index contributed by atoms with van der Waals surface area (Å²) in [6, 6.07) is 18.3. The maximum Gasteiger partial charge on any atom is 0.426 e. The maximum atomic E-state index is 14.7. The monoisotopic (exact) mass is 565 g/mol. The number of nitriles is 1. The smallest absolute Gasteiger partial charge is 0.426 e. The van der Waals surface area contributed by atoms with Crippen LogP contribution in [-0.2, 0) is 15.6 Å². The van der Waals surface area contributed by atoms with Crippen LogP contribution in [0.2, 0.25) is 0 Å². The Labute approximate surface area is 238 Å². The van der Waals surface area contributed by atoms with Crippen LogP contribution >= 0.6 is 0 Å². The third-order valence-electron chi connectivity index (χ3n) is 5.80. The molecule has 3 aromatic carbocycles. The zero-order valence-electron chi connectivity index (χ0n) is 22.6. The second-order valence-corrected chi connectivity index (χ2v) is 9.03. The molecule has 3 aromatic rings. The lowest BCUT2D eigenvalue weighted by Gasteiger charge is -2.18. The predicted octanol–water partition coefficient (Wildman–Crippen LogP) is 6.47. The summed E-state index contributed by atoms with van der Waals surface area (Å²) in [6.45, 7) is 0.590.